The summed E-state index contributed by atoms with van der Waals surface area (Å²) in [5.41, 5.74) is 2.07. The summed E-state index contributed by atoms with van der Waals surface area (Å²) in [5.74, 6) is -0.259. The molecular formula is C24H32N4O4S. The molecule has 0 aromatic heterocycles. The smallest absolute Gasteiger partial charge is 0.255 e. The van der Waals surface area contributed by atoms with Gasteiger partial charge in [-0.15, -0.1) is 0 Å². The highest BCUT2D eigenvalue weighted by Gasteiger charge is 2.28. The first-order chi connectivity index (χ1) is 16.0. The van der Waals surface area contributed by atoms with Crippen molar-refractivity contribution in [2.24, 2.45) is 0 Å². The fourth-order valence-electron chi connectivity index (χ4n) is 4.20. The van der Waals surface area contributed by atoms with Crippen LogP contribution in [0, 0.1) is 0 Å². The normalized spacial score (nSPS) is 18.8. The monoisotopic (exact) mass is 472 g/mol. The van der Waals surface area contributed by atoms with Crippen molar-refractivity contribution in [3.8, 4) is 0 Å². The fourth-order valence-corrected chi connectivity index (χ4v) is 5.67. The Bertz CT molecular complexity index is 1060. The van der Waals surface area contributed by atoms with Gasteiger partial charge in [0.15, 0.2) is 0 Å². The minimum Gasteiger partial charge on any atom is -0.379 e. The Kier molecular flexibility index (Phi) is 7.77. The van der Waals surface area contributed by atoms with Crippen LogP contribution in [0.25, 0.3) is 0 Å². The Morgan fingerprint density at radius 3 is 2.39 bits per heavy atom. The molecule has 0 bridgehead atoms. The Morgan fingerprint density at radius 1 is 0.939 bits per heavy atom. The van der Waals surface area contributed by atoms with Crippen LogP contribution in [0.4, 0.5) is 5.69 Å². The van der Waals surface area contributed by atoms with Crippen molar-refractivity contribution >= 4 is 21.6 Å². The zero-order valence-corrected chi connectivity index (χ0v) is 19.9. The third-order valence-electron chi connectivity index (χ3n) is 6.21. The summed E-state index contributed by atoms with van der Waals surface area (Å²) in [6.07, 6.45) is 0. The van der Waals surface area contributed by atoms with Crippen molar-refractivity contribution in [2.75, 3.05) is 64.3 Å². The topological polar surface area (TPSA) is 82.2 Å². The minimum atomic E-state index is -3.60. The summed E-state index contributed by atoms with van der Waals surface area (Å²) in [7, 11) is -3.60. The van der Waals surface area contributed by atoms with Gasteiger partial charge in [0.05, 0.1) is 18.1 Å². The van der Waals surface area contributed by atoms with Gasteiger partial charge in [-0.3, -0.25) is 9.69 Å². The van der Waals surface area contributed by atoms with Gasteiger partial charge >= 0.3 is 0 Å². The van der Waals surface area contributed by atoms with Crippen LogP contribution in [0.15, 0.2) is 53.4 Å². The van der Waals surface area contributed by atoms with Gasteiger partial charge in [0.25, 0.3) is 5.91 Å². The molecule has 178 valence electrons. The van der Waals surface area contributed by atoms with Crippen LogP contribution in [0.2, 0.25) is 0 Å². The van der Waals surface area contributed by atoms with E-state index in [1.54, 1.807) is 24.3 Å². The number of anilines is 1. The maximum atomic E-state index is 13.1. The molecule has 2 saturated heterocycles. The second kappa shape index (κ2) is 10.8. The average molecular weight is 473 g/mol. The number of piperazine rings is 1. The van der Waals surface area contributed by atoms with E-state index in [0.29, 0.717) is 24.3 Å². The number of hydrogen-bond acceptors (Lipinski definition) is 6. The summed E-state index contributed by atoms with van der Waals surface area (Å²) >= 11 is 0. The molecule has 9 heteroatoms. The second-order valence-corrected chi connectivity index (χ2v) is 10.3. The quantitative estimate of drug-likeness (QED) is 0.665. The lowest BCUT2D eigenvalue weighted by Gasteiger charge is -2.33. The molecule has 33 heavy (non-hydrogen) atoms. The number of nitrogens with one attached hydrogen (secondary N) is 1. The number of nitrogens with zero attached hydrogens (tertiary/aromatic N) is 3. The molecule has 2 heterocycles. The number of sulfonamides is 1. The van der Waals surface area contributed by atoms with Crippen molar-refractivity contribution in [2.45, 2.75) is 18.4 Å². The molecule has 1 N–H and O–H groups in total. The van der Waals surface area contributed by atoms with Gasteiger partial charge in [-0.05, 0) is 42.4 Å². The van der Waals surface area contributed by atoms with E-state index in [2.05, 4.69) is 22.0 Å². The van der Waals surface area contributed by atoms with Gasteiger partial charge in [0.1, 0.15) is 0 Å². The summed E-state index contributed by atoms with van der Waals surface area (Å²) in [4.78, 5) is 17.6. The second-order valence-electron chi connectivity index (χ2n) is 8.41. The Balaban J connectivity index is 1.43. The van der Waals surface area contributed by atoms with E-state index >= 15 is 0 Å². The molecule has 0 unspecified atom stereocenters. The van der Waals surface area contributed by atoms with Crippen molar-refractivity contribution in [3.63, 3.8) is 0 Å². The molecule has 0 aliphatic carbocycles. The maximum absolute atomic E-state index is 13.1. The molecule has 2 aromatic rings. The SMILES string of the molecule is CCN1CCN(S(=O)(=O)c2cccc(NC(=O)c3cccc(CN4CCOCC4)c3)c2)CC1. The molecule has 0 radical (unpaired) electrons. The number of likely N-dealkylation sites (N-methyl/N-ethyl adjacent to an activating group) is 1. The first kappa shape index (κ1) is 23.8. The number of ether oxygens (including phenoxy) is 1. The van der Waals surface area contributed by atoms with Crippen molar-refractivity contribution in [1.82, 2.24) is 14.1 Å². The first-order valence-corrected chi connectivity index (χ1v) is 12.9. The molecule has 0 saturated carbocycles. The van der Waals surface area contributed by atoms with Gasteiger partial charge in [0, 0.05) is 57.1 Å². The molecule has 8 nitrogen and oxygen atoms in total. The highest BCUT2D eigenvalue weighted by molar-refractivity contribution is 7.89. The lowest BCUT2D eigenvalue weighted by Crippen LogP contribution is -2.48. The Morgan fingerprint density at radius 2 is 1.67 bits per heavy atom. The van der Waals surface area contributed by atoms with Gasteiger partial charge < -0.3 is 15.0 Å². The van der Waals surface area contributed by atoms with E-state index in [0.717, 1.165) is 58.0 Å². The van der Waals surface area contributed by atoms with E-state index in [1.165, 1.54) is 10.4 Å². The van der Waals surface area contributed by atoms with E-state index in [9.17, 15) is 13.2 Å². The van der Waals surface area contributed by atoms with Crippen molar-refractivity contribution < 1.29 is 17.9 Å². The van der Waals surface area contributed by atoms with Crippen LogP contribution < -0.4 is 5.32 Å². The summed E-state index contributed by atoms with van der Waals surface area (Å²) in [6.45, 7) is 9.39. The summed E-state index contributed by atoms with van der Waals surface area (Å²) < 4.78 is 33.1. The summed E-state index contributed by atoms with van der Waals surface area (Å²) in [5, 5.41) is 2.86. The third-order valence-corrected chi connectivity index (χ3v) is 8.10. The molecule has 2 aromatic carbocycles. The predicted octanol–water partition coefficient (Wildman–Crippen LogP) is 2.10. The van der Waals surface area contributed by atoms with Crippen LogP contribution in [0.5, 0.6) is 0 Å². The van der Waals surface area contributed by atoms with Crippen LogP contribution in [0.1, 0.15) is 22.8 Å². The standard InChI is InChI=1S/C24H32N4O4S/c1-2-26-9-11-28(12-10-26)33(30,31)23-8-4-7-22(18-23)25-24(29)21-6-3-5-20(17-21)19-27-13-15-32-16-14-27/h3-8,17-18H,2,9-16,19H2,1H3,(H,25,29). The fraction of sp³-hybridized carbons (Fsp3) is 0.458. The van der Waals surface area contributed by atoms with E-state index in [-0.39, 0.29) is 10.8 Å². The maximum Gasteiger partial charge on any atom is 0.255 e. The highest BCUT2D eigenvalue weighted by atomic mass is 32.2. The van der Waals surface area contributed by atoms with Gasteiger partial charge in [-0.1, -0.05) is 25.1 Å². The number of carbonyl (C=O) groups is 1. The number of morpholine rings is 1. The Hall–Kier alpha value is -2.30. The number of carbonyl (C=O) groups excluding carboxylic acids is 1. The van der Waals surface area contributed by atoms with E-state index < -0.39 is 10.0 Å². The van der Waals surface area contributed by atoms with Gasteiger partial charge in [0.2, 0.25) is 10.0 Å². The predicted molar refractivity (Wildman–Crippen MR) is 128 cm³/mol. The molecule has 2 aliphatic heterocycles. The molecule has 1 amide bonds. The van der Waals surface area contributed by atoms with Gasteiger partial charge in [-0.25, -0.2) is 8.42 Å². The Labute approximate surface area is 196 Å². The third kappa shape index (κ3) is 5.99. The van der Waals surface area contributed by atoms with Crippen molar-refractivity contribution in [1.29, 1.82) is 0 Å². The van der Waals surface area contributed by atoms with Gasteiger partial charge in [-0.2, -0.15) is 4.31 Å². The zero-order valence-electron chi connectivity index (χ0n) is 19.1. The zero-order chi connectivity index (χ0) is 23.3. The molecule has 2 fully saturated rings. The summed E-state index contributed by atoms with van der Waals surface area (Å²) in [6, 6.07) is 14.0. The van der Waals surface area contributed by atoms with Crippen LogP contribution in [-0.4, -0.2) is 87.5 Å². The molecule has 2 aliphatic rings. The number of hydrogen-bond donors (Lipinski definition) is 1. The van der Waals surface area contributed by atoms with Crippen LogP contribution >= 0.6 is 0 Å². The molecule has 0 spiro atoms. The highest BCUT2D eigenvalue weighted by Crippen LogP contribution is 2.22. The molecule has 0 atom stereocenters. The van der Waals surface area contributed by atoms with E-state index in [1.807, 2.05) is 18.2 Å². The molecule has 4 rings (SSSR count). The van der Waals surface area contributed by atoms with Crippen LogP contribution in [0.3, 0.4) is 0 Å². The number of benzene rings is 2. The largest absolute Gasteiger partial charge is 0.379 e. The number of rotatable bonds is 7. The minimum absolute atomic E-state index is 0.200. The first-order valence-electron chi connectivity index (χ1n) is 11.5. The van der Waals surface area contributed by atoms with E-state index in [4.69, 9.17) is 4.74 Å². The molecular weight excluding hydrogens is 440 g/mol. The average Bonchev–Trinajstić information content (AvgIpc) is 2.85. The van der Waals surface area contributed by atoms with Crippen molar-refractivity contribution in [3.05, 3.63) is 59.7 Å². The lowest BCUT2D eigenvalue weighted by molar-refractivity contribution is 0.0342. The lowest BCUT2D eigenvalue weighted by atomic mass is 10.1. The number of amides is 1. The van der Waals surface area contributed by atoms with Crippen LogP contribution in [-0.2, 0) is 21.3 Å².